The lowest BCUT2D eigenvalue weighted by molar-refractivity contribution is -0.120. The number of anilines is 1. The van der Waals surface area contributed by atoms with Gasteiger partial charge in [-0.1, -0.05) is 11.8 Å². The molecule has 1 fully saturated rings. The van der Waals surface area contributed by atoms with Crippen molar-refractivity contribution in [1.29, 1.82) is 0 Å². The number of carbonyl (C=O) groups excluding carboxylic acids is 1. The zero-order chi connectivity index (χ0) is 17.6. The smallest absolute Gasteiger partial charge is 0.239 e. The van der Waals surface area contributed by atoms with E-state index in [1.54, 1.807) is 12.1 Å². The fraction of sp³-hybridized carbons (Fsp3) is 0.444. The summed E-state index contributed by atoms with van der Waals surface area (Å²) in [6, 6.07) is 6.24. The first-order valence-electron chi connectivity index (χ1n) is 8.53. The third kappa shape index (κ3) is 5.22. The van der Waals surface area contributed by atoms with Crippen molar-refractivity contribution < 1.29 is 9.18 Å². The van der Waals surface area contributed by atoms with E-state index in [0.717, 1.165) is 36.5 Å². The number of nitrogens with one attached hydrogen (secondary N) is 2. The van der Waals surface area contributed by atoms with E-state index in [9.17, 15) is 9.18 Å². The number of aryl methyl sites for hydroxylation is 1. The van der Waals surface area contributed by atoms with Crippen LogP contribution in [0.5, 0.6) is 0 Å². The Bertz CT molecular complexity index is 695. The van der Waals surface area contributed by atoms with Crippen LogP contribution in [0.3, 0.4) is 0 Å². The van der Waals surface area contributed by atoms with Gasteiger partial charge in [0.1, 0.15) is 5.82 Å². The Kier molecular flexibility index (Phi) is 5.96. The topological polar surface area (TPSA) is 59.0 Å². The third-order valence-electron chi connectivity index (χ3n) is 4.39. The van der Waals surface area contributed by atoms with E-state index in [1.165, 1.54) is 12.1 Å². The van der Waals surface area contributed by atoms with Gasteiger partial charge in [-0.25, -0.2) is 9.37 Å². The molecule has 1 aromatic heterocycles. The van der Waals surface area contributed by atoms with Crippen LogP contribution in [0.15, 0.2) is 41.8 Å². The van der Waals surface area contributed by atoms with Gasteiger partial charge in [-0.3, -0.25) is 4.79 Å². The first-order valence-corrected chi connectivity index (χ1v) is 9.41. The van der Waals surface area contributed by atoms with Crippen LogP contribution in [0.25, 0.3) is 0 Å². The number of carbonyl (C=O) groups is 1. The first kappa shape index (κ1) is 17.8. The second-order valence-electron chi connectivity index (χ2n) is 6.34. The molecule has 0 saturated heterocycles. The van der Waals surface area contributed by atoms with Crippen molar-refractivity contribution in [2.45, 2.75) is 42.1 Å². The van der Waals surface area contributed by atoms with Crippen LogP contribution in [-0.4, -0.2) is 33.3 Å². The fourth-order valence-corrected chi connectivity index (χ4v) is 4.12. The first-order chi connectivity index (χ1) is 12.1. The van der Waals surface area contributed by atoms with Crippen LogP contribution in [0, 0.1) is 5.82 Å². The van der Waals surface area contributed by atoms with Crippen molar-refractivity contribution in [2.24, 2.45) is 7.05 Å². The average Bonchev–Trinajstić information content (AvgIpc) is 3.01. The van der Waals surface area contributed by atoms with E-state index in [0.29, 0.717) is 5.25 Å². The monoisotopic (exact) mass is 362 g/mol. The molecule has 1 amide bonds. The van der Waals surface area contributed by atoms with Crippen LogP contribution in [0.1, 0.15) is 25.7 Å². The average molecular weight is 362 g/mol. The molecule has 0 unspecified atom stereocenters. The number of benzene rings is 1. The summed E-state index contributed by atoms with van der Waals surface area (Å²) in [7, 11) is 2.01. The number of nitrogens with zero attached hydrogens (tertiary/aromatic N) is 2. The van der Waals surface area contributed by atoms with Crippen molar-refractivity contribution in [2.75, 3.05) is 11.9 Å². The summed E-state index contributed by atoms with van der Waals surface area (Å²) in [5.74, 6) is -0.306. The summed E-state index contributed by atoms with van der Waals surface area (Å²) in [4.78, 5) is 16.4. The van der Waals surface area contributed by atoms with Gasteiger partial charge in [0.2, 0.25) is 5.91 Å². The minimum atomic E-state index is -0.282. The highest BCUT2D eigenvalue weighted by atomic mass is 32.2. The molecule has 0 atom stereocenters. The van der Waals surface area contributed by atoms with Gasteiger partial charge >= 0.3 is 0 Å². The van der Waals surface area contributed by atoms with Crippen LogP contribution >= 0.6 is 11.8 Å². The zero-order valence-electron chi connectivity index (χ0n) is 14.2. The van der Waals surface area contributed by atoms with Crippen molar-refractivity contribution in [3.63, 3.8) is 0 Å². The van der Waals surface area contributed by atoms with Crippen molar-refractivity contribution in [3.8, 4) is 0 Å². The van der Waals surface area contributed by atoms with Crippen LogP contribution in [0.4, 0.5) is 10.1 Å². The number of halogens is 1. The minimum absolute atomic E-state index is 0.0236. The number of rotatable bonds is 6. The molecule has 1 aromatic carbocycles. The molecule has 1 heterocycles. The normalized spacial score (nSPS) is 20.2. The maximum absolute atomic E-state index is 12.9. The largest absolute Gasteiger partial charge is 0.376 e. The van der Waals surface area contributed by atoms with Gasteiger partial charge in [0.25, 0.3) is 0 Å². The molecule has 2 N–H and O–H groups in total. The molecule has 0 radical (unpaired) electrons. The number of amides is 1. The predicted octanol–water partition coefficient (Wildman–Crippen LogP) is 3.19. The van der Waals surface area contributed by atoms with E-state index in [1.807, 2.05) is 35.8 Å². The lowest BCUT2D eigenvalue weighted by Crippen LogP contribution is -2.40. The number of aromatic nitrogens is 2. The summed E-state index contributed by atoms with van der Waals surface area (Å²) < 4.78 is 14.9. The number of hydrogen-bond donors (Lipinski definition) is 2. The SMILES string of the molecule is Cn1ccnc1SC1CCC(NC(=O)CNc2ccc(F)cc2)CC1. The van der Waals surface area contributed by atoms with Crippen LogP contribution in [-0.2, 0) is 11.8 Å². The Hall–Kier alpha value is -2.02. The Balaban J connectivity index is 1.37. The molecule has 5 nitrogen and oxygen atoms in total. The molecule has 7 heteroatoms. The van der Waals surface area contributed by atoms with E-state index < -0.39 is 0 Å². The molecule has 0 aliphatic heterocycles. The molecule has 3 rings (SSSR count). The summed E-state index contributed by atoms with van der Waals surface area (Å²) in [6.45, 7) is 0.202. The number of hydrogen-bond acceptors (Lipinski definition) is 4. The summed E-state index contributed by atoms with van der Waals surface area (Å²) in [5.41, 5.74) is 0.742. The molecule has 134 valence electrons. The van der Waals surface area contributed by atoms with Gasteiger partial charge in [0, 0.05) is 36.4 Å². The molecule has 0 spiro atoms. The molecule has 25 heavy (non-hydrogen) atoms. The number of imidazole rings is 1. The van der Waals surface area contributed by atoms with Gasteiger partial charge < -0.3 is 15.2 Å². The molecule has 2 aromatic rings. The van der Waals surface area contributed by atoms with Gasteiger partial charge in [-0.15, -0.1) is 0 Å². The third-order valence-corrected chi connectivity index (χ3v) is 5.79. The second-order valence-corrected chi connectivity index (χ2v) is 7.61. The Morgan fingerprint density at radius 3 is 2.64 bits per heavy atom. The Morgan fingerprint density at radius 2 is 2.00 bits per heavy atom. The summed E-state index contributed by atoms with van der Waals surface area (Å²) in [6.07, 6.45) is 7.92. The van der Waals surface area contributed by atoms with Gasteiger partial charge in [-0.2, -0.15) is 0 Å². The van der Waals surface area contributed by atoms with E-state index in [2.05, 4.69) is 15.6 Å². The fourth-order valence-electron chi connectivity index (χ4n) is 2.97. The maximum Gasteiger partial charge on any atom is 0.239 e. The molecular weight excluding hydrogens is 339 g/mol. The highest BCUT2D eigenvalue weighted by Crippen LogP contribution is 2.32. The minimum Gasteiger partial charge on any atom is -0.376 e. The van der Waals surface area contributed by atoms with Crippen LogP contribution in [0.2, 0.25) is 0 Å². The van der Waals surface area contributed by atoms with Crippen molar-refractivity contribution in [3.05, 3.63) is 42.5 Å². The maximum atomic E-state index is 12.9. The summed E-state index contributed by atoms with van der Waals surface area (Å²) >= 11 is 1.82. The molecule has 0 bridgehead atoms. The van der Waals surface area contributed by atoms with Gasteiger partial charge in [-0.05, 0) is 49.9 Å². The molecule has 1 aliphatic rings. The highest BCUT2D eigenvalue weighted by molar-refractivity contribution is 7.99. The van der Waals surface area contributed by atoms with Crippen molar-refractivity contribution >= 4 is 23.4 Å². The van der Waals surface area contributed by atoms with E-state index in [4.69, 9.17) is 0 Å². The highest BCUT2D eigenvalue weighted by Gasteiger charge is 2.24. The molecular formula is C18H23FN4OS. The Morgan fingerprint density at radius 1 is 1.28 bits per heavy atom. The van der Waals surface area contributed by atoms with E-state index in [-0.39, 0.29) is 24.3 Å². The molecule has 1 saturated carbocycles. The second kappa shape index (κ2) is 8.38. The van der Waals surface area contributed by atoms with Crippen LogP contribution < -0.4 is 10.6 Å². The van der Waals surface area contributed by atoms with E-state index >= 15 is 0 Å². The lowest BCUT2D eigenvalue weighted by atomic mass is 9.95. The zero-order valence-corrected chi connectivity index (χ0v) is 15.1. The van der Waals surface area contributed by atoms with Gasteiger partial charge in [0.05, 0.1) is 6.54 Å². The predicted molar refractivity (Wildman–Crippen MR) is 98.1 cm³/mol. The lowest BCUT2D eigenvalue weighted by Gasteiger charge is -2.28. The molecule has 1 aliphatic carbocycles. The van der Waals surface area contributed by atoms with Crippen molar-refractivity contribution in [1.82, 2.24) is 14.9 Å². The Labute approximate surface area is 151 Å². The summed E-state index contributed by atoms with van der Waals surface area (Å²) in [5, 5.41) is 7.71. The quantitative estimate of drug-likeness (QED) is 0.829. The standard InChI is InChI=1S/C18H23FN4OS/c1-23-11-10-20-18(23)25-16-8-6-15(7-9-16)22-17(24)12-21-14-4-2-13(19)3-5-14/h2-5,10-11,15-16,21H,6-9,12H2,1H3,(H,22,24). The van der Waals surface area contributed by atoms with Gasteiger partial charge in [0.15, 0.2) is 5.16 Å². The number of thioether (sulfide) groups is 1.